The highest BCUT2D eigenvalue weighted by molar-refractivity contribution is 7.89. The Morgan fingerprint density at radius 1 is 1.00 bits per heavy atom. The molecule has 0 N–H and O–H groups in total. The number of nitrogens with zero attached hydrogens (tertiary/aromatic N) is 3. The quantitative estimate of drug-likeness (QED) is 0.141. The molecule has 42 heavy (non-hydrogen) atoms. The van der Waals surface area contributed by atoms with Gasteiger partial charge in [-0.25, -0.2) is 26.2 Å². The fourth-order valence-corrected chi connectivity index (χ4v) is 8.41. The molecule has 0 amide bonds. The summed E-state index contributed by atoms with van der Waals surface area (Å²) >= 11 is 0. The Hall–Kier alpha value is -2.84. The molecule has 0 unspecified atom stereocenters. The molecule has 2 aliphatic rings. The van der Waals surface area contributed by atoms with E-state index in [1.165, 1.54) is 35.8 Å². The van der Waals surface area contributed by atoms with Gasteiger partial charge in [-0.2, -0.15) is 5.10 Å². The van der Waals surface area contributed by atoms with Gasteiger partial charge in [0.25, 0.3) is 0 Å². The number of sulfonamides is 1. The van der Waals surface area contributed by atoms with E-state index in [-0.39, 0.29) is 35.8 Å². The zero-order valence-electron chi connectivity index (χ0n) is 24.9. The maximum Gasteiger partial charge on any atom is 0.214 e. The van der Waals surface area contributed by atoms with Gasteiger partial charge in [0.2, 0.25) is 10.0 Å². The molecule has 5 rings (SSSR count). The fourth-order valence-electron chi connectivity index (χ4n) is 6.81. The molecule has 8 heteroatoms. The third kappa shape index (κ3) is 6.86. The van der Waals surface area contributed by atoms with Crippen molar-refractivity contribution in [3.8, 4) is 5.69 Å². The third-order valence-electron chi connectivity index (χ3n) is 9.09. The van der Waals surface area contributed by atoms with Gasteiger partial charge in [0.15, 0.2) is 0 Å². The molecule has 2 atom stereocenters. The zero-order chi connectivity index (χ0) is 29.7. The van der Waals surface area contributed by atoms with Crippen LogP contribution in [0.1, 0.15) is 88.0 Å². The maximum atomic E-state index is 14.4. The van der Waals surface area contributed by atoms with Crippen LogP contribution in [0.2, 0.25) is 0 Å². The van der Waals surface area contributed by atoms with Gasteiger partial charge in [-0.05, 0) is 67.5 Å². The van der Waals surface area contributed by atoms with Crippen LogP contribution in [0, 0.1) is 17.6 Å². The molecule has 1 heterocycles. The first-order valence-electron chi connectivity index (χ1n) is 15.5. The van der Waals surface area contributed by atoms with Gasteiger partial charge in [-0.15, -0.1) is 0 Å². The lowest BCUT2D eigenvalue weighted by molar-refractivity contribution is 0.358. The van der Waals surface area contributed by atoms with Crippen molar-refractivity contribution >= 4 is 10.0 Å². The fraction of sp³-hybridized carbons (Fsp3) is 0.500. The van der Waals surface area contributed by atoms with E-state index in [1.807, 2.05) is 10.9 Å². The Bertz CT molecular complexity index is 1500. The van der Waals surface area contributed by atoms with Crippen LogP contribution in [0.3, 0.4) is 0 Å². The minimum absolute atomic E-state index is 0.122. The third-order valence-corrected chi connectivity index (χ3v) is 11.0. The smallest absolute Gasteiger partial charge is 0.214 e. The van der Waals surface area contributed by atoms with Crippen LogP contribution < -0.4 is 0 Å². The van der Waals surface area contributed by atoms with Gasteiger partial charge in [0, 0.05) is 31.0 Å². The lowest BCUT2D eigenvalue weighted by Gasteiger charge is -2.31. The Kier molecular flexibility index (Phi) is 9.94. The summed E-state index contributed by atoms with van der Waals surface area (Å²) in [4.78, 5) is 0. The molecule has 0 saturated carbocycles. The van der Waals surface area contributed by atoms with E-state index in [0.29, 0.717) is 24.9 Å². The molecule has 5 nitrogen and oxygen atoms in total. The molecule has 0 bridgehead atoms. The van der Waals surface area contributed by atoms with Gasteiger partial charge in [-0.3, -0.25) is 0 Å². The van der Waals surface area contributed by atoms with Crippen molar-refractivity contribution in [3.63, 3.8) is 0 Å². The van der Waals surface area contributed by atoms with E-state index in [9.17, 15) is 17.2 Å². The minimum atomic E-state index is -3.50. The average molecular weight is 596 g/mol. The van der Waals surface area contributed by atoms with E-state index in [0.717, 1.165) is 61.9 Å². The lowest BCUT2D eigenvalue weighted by atomic mass is 9.80. The molecule has 0 aliphatic heterocycles. The van der Waals surface area contributed by atoms with E-state index in [4.69, 9.17) is 0 Å². The first-order valence-corrected chi connectivity index (χ1v) is 17.1. The SMILES string of the molecule is CCCCCCCCS(=O)(=O)N(CCc1ccccc1F)C[C@H]1CCC2=C1[C@@H](C)c1cnn(-c3ccc(F)cc3)c1C2. The minimum Gasteiger partial charge on any atom is -0.237 e. The number of hydrogen-bond acceptors (Lipinski definition) is 3. The second kappa shape index (κ2) is 13.6. The second-order valence-corrected chi connectivity index (χ2v) is 14.0. The van der Waals surface area contributed by atoms with Crippen molar-refractivity contribution < 1.29 is 17.2 Å². The summed E-state index contributed by atoms with van der Waals surface area (Å²) in [6.45, 7) is 5.07. The summed E-state index contributed by atoms with van der Waals surface area (Å²) in [5.74, 6) is -0.178. The molecule has 2 aliphatic carbocycles. The molecular formula is C34H43F2N3O2S. The van der Waals surface area contributed by atoms with Crippen LogP contribution in [-0.4, -0.2) is 41.3 Å². The van der Waals surface area contributed by atoms with Crippen LogP contribution in [0.15, 0.2) is 65.9 Å². The number of fused-ring (bicyclic) bond motifs is 1. The number of benzene rings is 2. The van der Waals surface area contributed by atoms with E-state index >= 15 is 0 Å². The topological polar surface area (TPSA) is 55.2 Å². The van der Waals surface area contributed by atoms with Crippen LogP contribution in [0.25, 0.3) is 5.69 Å². The molecule has 3 aromatic rings. The normalized spacial score (nSPS) is 18.5. The van der Waals surface area contributed by atoms with Gasteiger partial charge >= 0.3 is 0 Å². The Morgan fingerprint density at radius 2 is 1.74 bits per heavy atom. The highest BCUT2D eigenvalue weighted by Crippen LogP contribution is 2.47. The summed E-state index contributed by atoms with van der Waals surface area (Å²) in [6, 6.07) is 13.0. The maximum absolute atomic E-state index is 14.4. The molecule has 1 aromatic heterocycles. The highest BCUT2D eigenvalue weighted by Gasteiger charge is 2.38. The van der Waals surface area contributed by atoms with Crippen molar-refractivity contribution in [2.75, 3.05) is 18.8 Å². The molecule has 0 fully saturated rings. The van der Waals surface area contributed by atoms with Crippen LogP contribution in [-0.2, 0) is 22.9 Å². The highest BCUT2D eigenvalue weighted by atomic mass is 32.2. The number of unbranched alkanes of at least 4 members (excludes halogenated alkanes) is 5. The van der Waals surface area contributed by atoms with Gasteiger partial charge in [0.05, 0.1) is 23.3 Å². The largest absolute Gasteiger partial charge is 0.237 e. The van der Waals surface area contributed by atoms with E-state index in [1.54, 1.807) is 34.6 Å². The van der Waals surface area contributed by atoms with Gasteiger partial charge in [0.1, 0.15) is 11.6 Å². The predicted molar refractivity (Wildman–Crippen MR) is 164 cm³/mol. The van der Waals surface area contributed by atoms with Crippen molar-refractivity contribution in [2.24, 2.45) is 5.92 Å². The summed E-state index contributed by atoms with van der Waals surface area (Å²) in [5, 5.41) is 4.66. The number of aromatic nitrogens is 2. The standard InChI is InChI=1S/C34H43F2N3O2S/c1-3-4-5-6-7-10-21-42(40,41)38(20-19-26-11-8-9-12-32(26)36)24-28-14-13-27-22-33-31(25(2)34(27)28)23-37-39(33)30-17-15-29(35)16-18-30/h8-9,11-12,15-18,23,25,28H,3-7,10,13-14,19-22,24H2,1-2H3/t25-,28+/m0/s1. The van der Waals surface area contributed by atoms with E-state index in [2.05, 4.69) is 18.9 Å². The van der Waals surface area contributed by atoms with Crippen LogP contribution in [0.5, 0.6) is 0 Å². The van der Waals surface area contributed by atoms with Gasteiger partial charge in [-0.1, -0.05) is 75.3 Å². The molecule has 2 aromatic carbocycles. The summed E-state index contributed by atoms with van der Waals surface area (Å²) in [5.41, 5.74) is 6.37. The molecule has 226 valence electrons. The molecule has 0 spiro atoms. The Labute approximate surface area is 249 Å². The van der Waals surface area contributed by atoms with Crippen LogP contribution >= 0.6 is 0 Å². The van der Waals surface area contributed by atoms with Crippen molar-refractivity contribution in [2.45, 2.75) is 84.0 Å². The van der Waals surface area contributed by atoms with Crippen LogP contribution in [0.4, 0.5) is 8.78 Å². The van der Waals surface area contributed by atoms with Gasteiger partial charge < -0.3 is 0 Å². The number of hydrogen-bond donors (Lipinski definition) is 0. The van der Waals surface area contributed by atoms with Crippen molar-refractivity contribution in [1.29, 1.82) is 0 Å². The molecular weight excluding hydrogens is 552 g/mol. The summed E-state index contributed by atoms with van der Waals surface area (Å²) < 4.78 is 59.0. The number of rotatable bonds is 14. The van der Waals surface area contributed by atoms with Crippen molar-refractivity contribution in [1.82, 2.24) is 14.1 Å². The lowest BCUT2D eigenvalue weighted by Crippen LogP contribution is -2.39. The van der Waals surface area contributed by atoms with Crippen molar-refractivity contribution in [3.05, 3.63) is 94.3 Å². The average Bonchev–Trinajstić information content (AvgIpc) is 3.59. The van der Waals surface area contributed by atoms with E-state index < -0.39 is 10.0 Å². The Balaban J connectivity index is 1.33. The molecule has 0 radical (unpaired) electrons. The second-order valence-electron chi connectivity index (χ2n) is 11.9. The first-order chi connectivity index (χ1) is 20.3. The summed E-state index contributed by atoms with van der Waals surface area (Å²) in [6.07, 6.45) is 11.0. The monoisotopic (exact) mass is 595 g/mol. The zero-order valence-corrected chi connectivity index (χ0v) is 25.7. The molecule has 0 saturated heterocycles. The Morgan fingerprint density at radius 3 is 2.50 bits per heavy atom. The number of allylic oxidation sites excluding steroid dienone is 1. The number of halogens is 2. The summed E-state index contributed by atoms with van der Waals surface area (Å²) in [7, 11) is -3.50. The first kappa shape index (κ1) is 30.6. The predicted octanol–water partition coefficient (Wildman–Crippen LogP) is 7.75.